The van der Waals surface area contributed by atoms with Gasteiger partial charge in [0.2, 0.25) is 0 Å². The molecule has 0 aliphatic carbocycles. The summed E-state index contributed by atoms with van der Waals surface area (Å²) in [6.07, 6.45) is 4.06. The van der Waals surface area contributed by atoms with Gasteiger partial charge in [0.15, 0.2) is 0 Å². The van der Waals surface area contributed by atoms with E-state index in [1.54, 1.807) is 0 Å². The van der Waals surface area contributed by atoms with Crippen molar-refractivity contribution < 1.29 is 0 Å². The van der Waals surface area contributed by atoms with Gasteiger partial charge in [0.05, 0.1) is 22.6 Å². The maximum absolute atomic E-state index is 5.78. The molecule has 3 rings (SSSR count). The molecule has 0 amide bonds. The Morgan fingerprint density at radius 2 is 1.83 bits per heavy atom. The van der Waals surface area contributed by atoms with Gasteiger partial charge in [0.1, 0.15) is 5.82 Å². The number of nitrogens with zero attached hydrogens (tertiary/aromatic N) is 2. The molecule has 0 fully saturated rings. The number of imidazole rings is 1. The van der Waals surface area contributed by atoms with Gasteiger partial charge in [0.25, 0.3) is 0 Å². The fraction of sp³-hybridized carbons (Fsp3) is 0.158. The van der Waals surface area contributed by atoms with Crippen LogP contribution in [0.2, 0.25) is 0 Å². The van der Waals surface area contributed by atoms with Crippen molar-refractivity contribution in [2.24, 2.45) is 5.73 Å². The highest BCUT2D eigenvalue weighted by atomic mass is 32.1. The molecule has 116 valence electrons. The molecule has 0 spiro atoms. The van der Waals surface area contributed by atoms with Gasteiger partial charge in [-0.2, -0.15) is 0 Å². The lowest BCUT2D eigenvalue weighted by molar-refractivity contribution is 0.870. The Labute approximate surface area is 141 Å². The van der Waals surface area contributed by atoms with E-state index in [0.717, 1.165) is 22.4 Å². The van der Waals surface area contributed by atoms with Crippen LogP contribution in [0.3, 0.4) is 0 Å². The lowest BCUT2D eigenvalue weighted by Gasteiger charge is -2.07. The summed E-state index contributed by atoms with van der Waals surface area (Å²) in [6, 6.07) is 14.4. The van der Waals surface area contributed by atoms with Crippen molar-refractivity contribution in [3.63, 3.8) is 0 Å². The molecule has 0 bridgehead atoms. The third-order valence-electron chi connectivity index (χ3n) is 3.93. The first-order valence-electron chi connectivity index (χ1n) is 7.53. The first kappa shape index (κ1) is 15.4. The van der Waals surface area contributed by atoms with Crippen molar-refractivity contribution in [2.45, 2.75) is 20.4 Å². The molecule has 0 aliphatic rings. The van der Waals surface area contributed by atoms with Gasteiger partial charge in [-0.05, 0) is 48.7 Å². The average Bonchev–Trinajstić information content (AvgIpc) is 2.83. The Morgan fingerprint density at radius 3 is 2.52 bits per heavy atom. The third kappa shape index (κ3) is 3.32. The van der Waals surface area contributed by atoms with Crippen LogP contribution < -0.4 is 5.73 Å². The molecular formula is C19H19N3S. The maximum Gasteiger partial charge on any atom is 0.134 e. The minimum absolute atomic E-state index is 0.455. The van der Waals surface area contributed by atoms with Crippen LogP contribution in [0.1, 0.15) is 22.5 Å². The minimum atomic E-state index is 0.455. The van der Waals surface area contributed by atoms with E-state index >= 15 is 0 Å². The van der Waals surface area contributed by atoms with Crippen molar-refractivity contribution in [2.75, 3.05) is 0 Å². The standard InChI is InChI=1S/C19H19N3S/c1-13-10-16-17(11-14(13)2)22(12-18(20)23)19(21-16)9-8-15-6-4-3-5-7-15/h3-11H,12H2,1-2H3,(H2,20,23)/b9-8+. The van der Waals surface area contributed by atoms with E-state index in [-0.39, 0.29) is 0 Å². The van der Waals surface area contributed by atoms with Crippen LogP contribution in [-0.4, -0.2) is 14.5 Å². The number of hydrogen-bond donors (Lipinski definition) is 1. The SMILES string of the molecule is Cc1cc2nc(/C=C/c3ccccc3)n(CC(N)=S)c2cc1C. The number of thiocarbonyl (C=S) groups is 1. The second-order valence-corrected chi connectivity index (χ2v) is 6.22. The third-order valence-corrected chi connectivity index (χ3v) is 4.06. The topological polar surface area (TPSA) is 43.8 Å². The zero-order chi connectivity index (χ0) is 16.4. The molecule has 0 aliphatic heterocycles. The highest BCUT2D eigenvalue weighted by Crippen LogP contribution is 2.22. The predicted octanol–water partition coefficient (Wildman–Crippen LogP) is 4.11. The Hall–Kier alpha value is -2.46. The summed E-state index contributed by atoms with van der Waals surface area (Å²) in [4.78, 5) is 5.20. The van der Waals surface area contributed by atoms with Crippen LogP contribution in [0.4, 0.5) is 0 Å². The molecule has 4 heteroatoms. The summed E-state index contributed by atoms with van der Waals surface area (Å²) in [6.45, 7) is 4.69. The maximum atomic E-state index is 5.78. The molecule has 3 nitrogen and oxygen atoms in total. The van der Waals surface area contributed by atoms with E-state index in [2.05, 4.69) is 48.8 Å². The molecule has 0 saturated heterocycles. The van der Waals surface area contributed by atoms with Crippen LogP contribution >= 0.6 is 12.2 Å². The number of rotatable bonds is 4. The second-order valence-electron chi connectivity index (χ2n) is 5.69. The molecule has 2 aromatic carbocycles. The van der Waals surface area contributed by atoms with Gasteiger partial charge < -0.3 is 10.3 Å². The van der Waals surface area contributed by atoms with E-state index in [1.807, 2.05) is 24.3 Å². The van der Waals surface area contributed by atoms with E-state index in [9.17, 15) is 0 Å². The molecule has 0 saturated carbocycles. The van der Waals surface area contributed by atoms with E-state index in [1.165, 1.54) is 11.1 Å². The highest BCUT2D eigenvalue weighted by Gasteiger charge is 2.11. The first-order chi connectivity index (χ1) is 11.0. The van der Waals surface area contributed by atoms with Crippen LogP contribution in [-0.2, 0) is 6.54 Å². The number of aryl methyl sites for hydroxylation is 2. The van der Waals surface area contributed by atoms with Crippen molar-refractivity contribution >= 4 is 40.4 Å². The van der Waals surface area contributed by atoms with Crippen molar-refractivity contribution in [1.29, 1.82) is 0 Å². The van der Waals surface area contributed by atoms with E-state index in [4.69, 9.17) is 22.9 Å². The summed E-state index contributed by atoms with van der Waals surface area (Å²) in [7, 11) is 0. The lowest BCUT2D eigenvalue weighted by atomic mass is 10.1. The van der Waals surface area contributed by atoms with Gasteiger partial charge in [-0.25, -0.2) is 4.98 Å². The second kappa shape index (κ2) is 6.34. The lowest BCUT2D eigenvalue weighted by Crippen LogP contribution is -2.17. The summed E-state index contributed by atoms with van der Waals surface area (Å²) in [5.41, 5.74) is 11.4. The highest BCUT2D eigenvalue weighted by molar-refractivity contribution is 7.80. The number of benzene rings is 2. The quantitative estimate of drug-likeness (QED) is 0.735. The zero-order valence-corrected chi connectivity index (χ0v) is 14.1. The van der Waals surface area contributed by atoms with Crippen molar-refractivity contribution in [1.82, 2.24) is 9.55 Å². The van der Waals surface area contributed by atoms with Gasteiger partial charge >= 0.3 is 0 Å². The van der Waals surface area contributed by atoms with E-state index < -0.39 is 0 Å². The summed E-state index contributed by atoms with van der Waals surface area (Å²) >= 11 is 5.11. The molecule has 0 radical (unpaired) electrons. The number of nitrogens with two attached hydrogens (primary N) is 1. The molecular weight excluding hydrogens is 302 g/mol. The fourth-order valence-electron chi connectivity index (χ4n) is 2.58. The molecule has 2 N–H and O–H groups in total. The summed E-state index contributed by atoms with van der Waals surface area (Å²) < 4.78 is 2.07. The van der Waals surface area contributed by atoms with Crippen molar-refractivity contribution in [3.05, 3.63) is 65.0 Å². The summed E-state index contributed by atoms with van der Waals surface area (Å²) in [5.74, 6) is 0.863. The molecule has 3 aromatic rings. The molecule has 0 atom stereocenters. The molecule has 0 unspecified atom stereocenters. The van der Waals surface area contributed by atoms with Gasteiger partial charge in [0, 0.05) is 0 Å². The van der Waals surface area contributed by atoms with Crippen molar-refractivity contribution in [3.8, 4) is 0 Å². The number of hydrogen-bond acceptors (Lipinski definition) is 2. The predicted molar refractivity (Wildman–Crippen MR) is 101 cm³/mol. The Morgan fingerprint density at radius 1 is 1.13 bits per heavy atom. The Kier molecular flexibility index (Phi) is 4.26. The minimum Gasteiger partial charge on any atom is -0.392 e. The zero-order valence-electron chi connectivity index (χ0n) is 13.3. The molecule has 1 heterocycles. The van der Waals surface area contributed by atoms with Crippen LogP contribution in [0.15, 0.2) is 42.5 Å². The Bertz CT molecular complexity index is 892. The smallest absolute Gasteiger partial charge is 0.134 e. The van der Waals surface area contributed by atoms with Gasteiger partial charge in [-0.1, -0.05) is 48.6 Å². The normalized spacial score (nSPS) is 11.4. The molecule has 23 heavy (non-hydrogen) atoms. The van der Waals surface area contributed by atoms with Crippen LogP contribution in [0.25, 0.3) is 23.2 Å². The number of aromatic nitrogens is 2. The van der Waals surface area contributed by atoms with Gasteiger partial charge in [-0.15, -0.1) is 0 Å². The molecule has 1 aromatic heterocycles. The van der Waals surface area contributed by atoms with E-state index in [0.29, 0.717) is 11.5 Å². The monoisotopic (exact) mass is 321 g/mol. The van der Waals surface area contributed by atoms with Crippen LogP contribution in [0.5, 0.6) is 0 Å². The number of fused-ring (bicyclic) bond motifs is 1. The van der Waals surface area contributed by atoms with Gasteiger partial charge in [-0.3, -0.25) is 0 Å². The first-order valence-corrected chi connectivity index (χ1v) is 7.94. The Balaban J connectivity index is 2.11. The largest absolute Gasteiger partial charge is 0.392 e. The summed E-state index contributed by atoms with van der Waals surface area (Å²) in [5, 5.41) is 0. The fourth-order valence-corrected chi connectivity index (χ4v) is 2.71. The van der Waals surface area contributed by atoms with Crippen LogP contribution in [0, 0.1) is 13.8 Å². The average molecular weight is 321 g/mol.